The summed E-state index contributed by atoms with van der Waals surface area (Å²) in [7, 11) is 1.63. The maximum atomic E-state index is 12.7. The van der Waals surface area contributed by atoms with Crippen LogP contribution in [0.15, 0.2) is 66.0 Å². The molecule has 1 N–H and O–H groups in total. The first-order valence-electron chi connectivity index (χ1n) is 9.13. The highest BCUT2D eigenvalue weighted by molar-refractivity contribution is 7.09. The van der Waals surface area contributed by atoms with Gasteiger partial charge < -0.3 is 10.1 Å². The van der Waals surface area contributed by atoms with Crippen molar-refractivity contribution in [2.24, 2.45) is 0 Å². The minimum Gasteiger partial charge on any atom is -0.497 e. The Hall–Kier alpha value is -3.45. The van der Waals surface area contributed by atoms with Crippen molar-refractivity contribution in [3.8, 4) is 22.7 Å². The fraction of sp³-hybridized carbons (Fsp3) is 0.136. The average Bonchev–Trinajstić information content (AvgIpc) is 3.39. The number of rotatable bonds is 6. The summed E-state index contributed by atoms with van der Waals surface area (Å²) in [5, 5.41) is 10.3. The summed E-state index contributed by atoms with van der Waals surface area (Å²) in [6, 6.07) is 19.2. The monoisotopic (exact) mass is 404 g/mol. The largest absolute Gasteiger partial charge is 0.497 e. The van der Waals surface area contributed by atoms with Gasteiger partial charge in [-0.05, 0) is 49.4 Å². The summed E-state index contributed by atoms with van der Waals surface area (Å²) in [5.41, 5.74) is 3.96. The molecule has 0 bridgehead atoms. The summed E-state index contributed by atoms with van der Waals surface area (Å²) in [6.07, 6.45) is 0. The molecular weight excluding hydrogens is 384 g/mol. The van der Waals surface area contributed by atoms with Crippen molar-refractivity contribution < 1.29 is 9.53 Å². The topological polar surface area (TPSA) is 69.0 Å². The number of aryl methyl sites for hydroxylation is 1. The lowest BCUT2D eigenvalue weighted by Gasteiger charge is -2.08. The number of hydrogen-bond acceptors (Lipinski definition) is 5. The Kier molecular flexibility index (Phi) is 5.39. The second-order valence-electron chi connectivity index (χ2n) is 6.46. The van der Waals surface area contributed by atoms with Gasteiger partial charge in [0, 0.05) is 16.6 Å². The predicted octanol–water partition coefficient (Wildman–Crippen LogP) is 4.24. The third-order valence-electron chi connectivity index (χ3n) is 4.40. The molecular formula is C22H20N4O2S. The molecule has 0 aliphatic heterocycles. The van der Waals surface area contributed by atoms with E-state index in [2.05, 4.69) is 15.4 Å². The SMILES string of the molecule is COc1ccc(-c2cc(C(=O)NCc3nc(C)cs3)nn2-c2ccccc2)cc1. The van der Waals surface area contributed by atoms with Crippen LogP contribution in [0.2, 0.25) is 0 Å². The zero-order valence-corrected chi connectivity index (χ0v) is 16.9. The number of aromatic nitrogens is 3. The smallest absolute Gasteiger partial charge is 0.272 e. The third-order valence-corrected chi connectivity index (χ3v) is 5.36. The van der Waals surface area contributed by atoms with Crippen LogP contribution in [0, 0.1) is 6.92 Å². The molecule has 2 aromatic carbocycles. The van der Waals surface area contributed by atoms with Gasteiger partial charge in [0.05, 0.1) is 25.0 Å². The fourth-order valence-corrected chi connectivity index (χ4v) is 3.67. The van der Waals surface area contributed by atoms with Gasteiger partial charge in [-0.2, -0.15) is 5.10 Å². The second kappa shape index (κ2) is 8.28. The van der Waals surface area contributed by atoms with E-state index in [1.165, 1.54) is 11.3 Å². The van der Waals surface area contributed by atoms with Crippen LogP contribution in [0.1, 0.15) is 21.2 Å². The lowest BCUT2D eigenvalue weighted by Crippen LogP contribution is -2.23. The van der Waals surface area contributed by atoms with Crippen LogP contribution < -0.4 is 10.1 Å². The van der Waals surface area contributed by atoms with Crippen LogP contribution in [0.3, 0.4) is 0 Å². The number of benzene rings is 2. The van der Waals surface area contributed by atoms with Crippen LogP contribution in [0.4, 0.5) is 0 Å². The highest BCUT2D eigenvalue weighted by atomic mass is 32.1. The summed E-state index contributed by atoms with van der Waals surface area (Å²) >= 11 is 1.53. The van der Waals surface area contributed by atoms with Crippen molar-refractivity contribution >= 4 is 17.2 Å². The number of carbonyl (C=O) groups excluding carboxylic acids is 1. The lowest BCUT2D eigenvalue weighted by atomic mass is 10.1. The molecule has 0 aliphatic carbocycles. The van der Waals surface area contributed by atoms with E-state index in [1.54, 1.807) is 17.9 Å². The maximum absolute atomic E-state index is 12.7. The van der Waals surface area contributed by atoms with Crippen molar-refractivity contribution in [3.63, 3.8) is 0 Å². The molecule has 0 spiro atoms. The van der Waals surface area contributed by atoms with Crippen molar-refractivity contribution in [2.45, 2.75) is 13.5 Å². The molecule has 4 rings (SSSR count). The van der Waals surface area contributed by atoms with Crippen molar-refractivity contribution in [3.05, 3.63) is 82.4 Å². The Morgan fingerprint density at radius 1 is 1.14 bits per heavy atom. The van der Waals surface area contributed by atoms with Crippen molar-refractivity contribution in [1.82, 2.24) is 20.1 Å². The molecule has 0 unspecified atom stereocenters. The molecule has 0 saturated carbocycles. The molecule has 6 nitrogen and oxygen atoms in total. The van der Waals surface area contributed by atoms with Gasteiger partial charge in [0.15, 0.2) is 5.69 Å². The predicted molar refractivity (Wildman–Crippen MR) is 114 cm³/mol. The number of methoxy groups -OCH3 is 1. The van der Waals surface area contributed by atoms with E-state index in [0.29, 0.717) is 12.2 Å². The molecule has 0 saturated heterocycles. The van der Waals surface area contributed by atoms with Gasteiger partial charge in [-0.1, -0.05) is 18.2 Å². The van der Waals surface area contributed by atoms with Crippen LogP contribution in [0.25, 0.3) is 16.9 Å². The Morgan fingerprint density at radius 3 is 2.55 bits per heavy atom. The minimum atomic E-state index is -0.234. The summed E-state index contributed by atoms with van der Waals surface area (Å²) in [5.74, 6) is 0.540. The number of amides is 1. The Bertz CT molecular complexity index is 1120. The number of nitrogens with one attached hydrogen (secondary N) is 1. The quantitative estimate of drug-likeness (QED) is 0.522. The molecule has 0 radical (unpaired) electrons. The first-order valence-corrected chi connectivity index (χ1v) is 10.0. The summed E-state index contributed by atoms with van der Waals surface area (Å²) in [6.45, 7) is 2.32. The lowest BCUT2D eigenvalue weighted by molar-refractivity contribution is 0.0945. The molecule has 0 fully saturated rings. The molecule has 7 heteroatoms. The van der Waals surface area contributed by atoms with Crippen LogP contribution >= 0.6 is 11.3 Å². The molecule has 4 aromatic rings. The molecule has 29 heavy (non-hydrogen) atoms. The van der Waals surface area contributed by atoms with Crippen molar-refractivity contribution in [1.29, 1.82) is 0 Å². The third kappa shape index (κ3) is 4.20. The van der Waals surface area contributed by atoms with E-state index in [4.69, 9.17) is 4.74 Å². The number of thiazole rings is 1. The number of nitrogens with zero attached hydrogens (tertiary/aromatic N) is 3. The zero-order chi connectivity index (χ0) is 20.2. The summed E-state index contributed by atoms with van der Waals surface area (Å²) < 4.78 is 7.03. The standard InChI is InChI=1S/C22H20N4O2S/c1-15-14-29-21(24-15)13-23-22(27)19-12-20(16-8-10-18(28-2)11-9-16)26(25-19)17-6-4-3-5-7-17/h3-12,14H,13H2,1-2H3,(H,23,27). The van der Waals surface area contributed by atoms with Gasteiger partial charge >= 0.3 is 0 Å². The molecule has 2 aromatic heterocycles. The normalized spacial score (nSPS) is 10.7. The van der Waals surface area contributed by atoms with Crippen LogP contribution in [-0.2, 0) is 6.54 Å². The zero-order valence-electron chi connectivity index (χ0n) is 16.1. The number of para-hydroxylation sites is 1. The number of ether oxygens (including phenoxy) is 1. The van der Waals surface area contributed by atoms with Gasteiger partial charge in [0.1, 0.15) is 10.8 Å². The van der Waals surface area contributed by atoms with Crippen molar-refractivity contribution in [2.75, 3.05) is 7.11 Å². The highest BCUT2D eigenvalue weighted by Crippen LogP contribution is 2.26. The van der Waals surface area contributed by atoms with E-state index in [9.17, 15) is 4.79 Å². The maximum Gasteiger partial charge on any atom is 0.272 e. The Balaban J connectivity index is 1.66. The molecule has 0 atom stereocenters. The van der Waals surface area contributed by atoms with Crippen LogP contribution in [-0.4, -0.2) is 27.8 Å². The van der Waals surface area contributed by atoms with Gasteiger partial charge in [0.2, 0.25) is 0 Å². The van der Waals surface area contributed by atoms with Gasteiger partial charge in [-0.25, -0.2) is 9.67 Å². The number of carbonyl (C=O) groups is 1. The van der Waals surface area contributed by atoms with Crippen LogP contribution in [0.5, 0.6) is 5.75 Å². The Labute approximate surface area is 172 Å². The second-order valence-corrected chi connectivity index (χ2v) is 7.40. The number of hydrogen-bond donors (Lipinski definition) is 1. The molecule has 146 valence electrons. The molecule has 2 heterocycles. The average molecular weight is 404 g/mol. The van der Waals surface area contributed by atoms with E-state index in [-0.39, 0.29) is 5.91 Å². The molecule has 0 aliphatic rings. The first kappa shape index (κ1) is 18.9. The summed E-state index contributed by atoms with van der Waals surface area (Å²) in [4.78, 5) is 17.1. The molecule has 1 amide bonds. The minimum absolute atomic E-state index is 0.234. The van der Waals surface area contributed by atoms with E-state index in [1.807, 2.05) is 66.9 Å². The van der Waals surface area contributed by atoms with Gasteiger partial charge in [0.25, 0.3) is 5.91 Å². The first-order chi connectivity index (χ1) is 14.1. The Morgan fingerprint density at radius 2 is 1.90 bits per heavy atom. The van der Waals surface area contributed by atoms with Gasteiger partial charge in [-0.15, -0.1) is 11.3 Å². The van der Waals surface area contributed by atoms with Gasteiger partial charge in [-0.3, -0.25) is 4.79 Å². The highest BCUT2D eigenvalue weighted by Gasteiger charge is 2.17. The van der Waals surface area contributed by atoms with E-state index < -0.39 is 0 Å². The van der Waals surface area contributed by atoms with E-state index >= 15 is 0 Å². The van der Waals surface area contributed by atoms with E-state index in [0.717, 1.165) is 33.4 Å². The fourth-order valence-electron chi connectivity index (χ4n) is 2.96.